The first-order valence-corrected chi connectivity index (χ1v) is 34.4. The monoisotopic (exact) mass is 1360 g/mol. The van der Waals surface area contributed by atoms with Gasteiger partial charge < -0.3 is 48.9 Å². The van der Waals surface area contributed by atoms with E-state index in [-0.39, 0.29) is 80.2 Å². The third-order valence-corrected chi connectivity index (χ3v) is 22.4. The van der Waals surface area contributed by atoms with Crippen molar-refractivity contribution in [2.75, 3.05) is 0 Å². The molecule has 8 bridgehead atoms. The number of benzene rings is 8. The van der Waals surface area contributed by atoms with Crippen molar-refractivity contribution >= 4 is 221 Å². The smallest absolute Gasteiger partial charge is 0.457 e. The molecular formula is C68H40B24N8O4Zn. The molecule has 4 fully saturated rings. The number of rotatable bonds is 24. The molecule has 0 N–H and O–H groups in total. The average molecular weight is 1360 g/mol. The van der Waals surface area contributed by atoms with Crippen molar-refractivity contribution in [3.05, 3.63) is 192 Å². The van der Waals surface area contributed by atoms with E-state index in [1.54, 1.807) is 57.4 Å². The van der Waals surface area contributed by atoms with E-state index < -0.39 is 20.9 Å². The summed E-state index contributed by atoms with van der Waals surface area (Å²) < 4.78 is 26.5. The van der Waals surface area contributed by atoms with Crippen LogP contribution in [0.2, 0.25) is 43.7 Å². The van der Waals surface area contributed by atoms with Gasteiger partial charge in [-0.2, -0.15) is 0 Å². The number of aromatic nitrogens is 8. The van der Waals surface area contributed by atoms with Crippen LogP contribution in [0.25, 0.3) is 89.7 Å². The molecule has 8 atom stereocenters. The van der Waals surface area contributed by atoms with E-state index in [1.807, 2.05) is 170 Å². The van der Waals surface area contributed by atoms with Gasteiger partial charge in [0.1, 0.15) is 46.0 Å². The Labute approximate surface area is 647 Å². The predicted molar refractivity (Wildman–Crippen MR) is 439 cm³/mol. The second kappa shape index (κ2) is 28.3. The Balaban J connectivity index is 0.00000847. The molecule has 32 radical (unpaired) electrons. The van der Waals surface area contributed by atoms with Crippen LogP contribution in [0.3, 0.4) is 0 Å². The van der Waals surface area contributed by atoms with Crippen LogP contribution in [0.15, 0.2) is 170 Å². The number of hydrogen-bond donors (Lipinski definition) is 0. The third-order valence-electron chi connectivity index (χ3n) is 22.4. The van der Waals surface area contributed by atoms with Gasteiger partial charge >= 0.3 is 19.5 Å². The Morgan fingerprint density at radius 1 is 0.295 bits per heavy atom. The van der Waals surface area contributed by atoms with Crippen LogP contribution >= 0.6 is 0 Å². The molecule has 6 aliphatic rings. The molecule has 37 heteroatoms. The van der Waals surface area contributed by atoms with E-state index in [0.717, 1.165) is 22.3 Å². The molecule has 9 heterocycles. The van der Waals surface area contributed by atoms with Gasteiger partial charge in [0.25, 0.3) is 0 Å². The van der Waals surface area contributed by atoms with Gasteiger partial charge in [-0.1, -0.05) is 48.5 Å². The summed E-state index contributed by atoms with van der Waals surface area (Å²) in [6.07, 6.45) is 2.49. The fourth-order valence-electron chi connectivity index (χ4n) is 15.8. The molecule has 450 valence electrons. The van der Waals surface area contributed by atoms with Gasteiger partial charge in [-0.3, -0.25) is 0 Å². The van der Waals surface area contributed by atoms with Gasteiger partial charge in [-0.15, -0.1) is 43.7 Å². The maximum atomic E-state index is 6.63. The quantitative estimate of drug-likeness (QED) is 0.0605. The van der Waals surface area contributed by atoms with Crippen molar-refractivity contribution in [2.24, 2.45) is 0 Å². The fraction of sp³-hybridized carbons (Fsp3) is 0.176. The van der Waals surface area contributed by atoms with Gasteiger partial charge in [0, 0.05) is 166 Å². The van der Waals surface area contributed by atoms with Crippen molar-refractivity contribution in [3.63, 3.8) is 0 Å². The summed E-state index contributed by atoms with van der Waals surface area (Å²) in [6, 6.07) is 54.0. The molecular weight excluding hydrogens is 1320 g/mol. The van der Waals surface area contributed by atoms with E-state index in [9.17, 15) is 0 Å². The molecule has 0 amide bonds. The zero-order valence-electron chi connectivity index (χ0n) is 57.1. The molecule has 8 unspecified atom stereocenters. The Hall–Kier alpha value is -7.50. The molecule has 4 saturated heterocycles. The average Bonchev–Trinajstić information content (AvgIpc) is 1.59. The Morgan fingerprint density at radius 3 is 0.790 bits per heavy atom. The second-order valence-corrected chi connectivity index (χ2v) is 28.1. The summed E-state index contributed by atoms with van der Waals surface area (Å²) in [5, 5.41) is 0.885. The van der Waals surface area contributed by atoms with Crippen molar-refractivity contribution in [1.29, 1.82) is 0 Å². The molecule has 0 spiro atoms. The first kappa shape index (κ1) is 71.7. The zero-order chi connectivity index (χ0) is 71.6. The van der Waals surface area contributed by atoms with Crippen LogP contribution in [0.1, 0.15) is 22.3 Å². The van der Waals surface area contributed by atoms with Crippen LogP contribution in [0.5, 0.6) is 46.0 Å². The molecule has 6 aliphatic heterocycles. The van der Waals surface area contributed by atoms with Gasteiger partial charge in [0.15, 0.2) is 0 Å². The zero-order valence-corrected chi connectivity index (χ0v) is 60.0. The molecule has 0 aliphatic carbocycles. The van der Waals surface area contributed by atoms with Gasteiger partial charge in [0.05, 0.1) is 78.4 Å². The number of nitrogens with zero attached hydrogens (tertiary/aromatic N) is 8. The maximum absolute atomic E-state index is 6.63. The minimum Gasteiger partial charge on any atom is -0.457 e. The summed E-state index contributed by atoms with van der Waals surface area (Å²) in [7, 11) is 87.4. The van der Waals surface area contributed by atoms with Crippen molar-refractivity contribution < 1.29 is 38.4 Å². The Morgan fingerprint density at radius 2 is 0.533 bits per heavy atom. The van der Waals surface area contributed by atoms with E-state index in [2.05, 4.69) is 0 Å². The minimum atomic E-state index is -0.418. The summed E-state index contributed by atoms with van der Waals surface area (Å²) in [4.78, 5) is 42.2. The first-order valence-electron chi connectivity index (χ1n) is 34.4. The topological polar surface area (TPSA) is 142 Å². The van der Waals surface area contributed by atoms with Crippen LogP contribution in [-0.2, 0) is 45.2 Å². The Bertz CT molecular complexity index is 5380. The summed E-state index contributed by atoms with van der Waals surface area (Å²) >= 11 is 0. The SMILES string of the molecule is [B][11B]C1[11B]([B])C1([11B][B])Cc1ccc(Oc2ccc3c(c2)-c2nc-3nc3[n-]c(nc4nc(nc5[n-]c(n2)c2ccc(Oc6ccc(CC7([11B][B])[11B]([B])C7[11B][B])cc6)cc52)-c2cc(Oc5ccc(CC6([11B][B])[11B]([B])C6[11B][B])cc5)ccc2-4)c2cc(Oc4ccc(CC5([11B][B])[11B]([B])C5[11B][B])cc4)ccc32)cc1.[Zn+2]. The molecule has 105 heavy (non-hydrogen) atoms. The van der Waals surface area contributed by atoms with Crippen molar-refractivity contribution in [1.82, 2.24) is 39.9 Å². The molecule has 11 aromatic rings. The van der Waals surface area contributed by atoms with Crippen LogP contribution < -0.4 is 28.9 Å². The largest absolute Gasteiger partial charge is 2.00 e. The van der Waals surface area contributed by atoms with Gasteiger partial charge in [0.2, 0.25) is 0 Å². The van der Waals surface area contributed by atoms with Crippen molar-refractivity contribution in [3.8, 4) is 91.5 Å². The summed E-state index contributed by atoms with van der Waals surface area (Å²) in [6.45, 7) is -0.649. The van der Waals surface area contributed by atoms with E-state index in [0.29, 0.717) is 150 Å². The minimum absolute atomic E-state index is 0. The number of hydrogen-bond acceptors (Lipinski definition) is 10. The van der Waals surface area contributed by atoms with Gasteiger partial charge in [-0.05, 0) is 191 Å². The first-order chi connectivity index (χ1) is 50.6. The van der Waals surface area contributed by atoms with Crippen molar-refractivity contribution in [2.45, 2.75) is 69.4 Å². The molecule has 8 aromatic carbocycles. The Kier molecular flexibility index (Phi) is 19.3. The van der Waals surface area contributed by atoms with Crippen LogP contribution in [-0.4, -0.2) is 207 Å². The molecule has 0 saturated carbocycles. The van der Waals surface area contributed by atoms with E-state index in [4.69, 9.17) is 152 Å². The standard InChI is InChI=1S/C68H40B24N8O4.Zn/c69-81-61-65(85-73,89(61)77)29-33-1-9-37(10-2-33)101-41-17-21-45-49(25-41)57-94-53(45)93-54-46-22-18-42(102-38-11-3-34(4-12-38)30-66(86-74)62(82-70)90(66)78)26-50(46)58(95-54)97-56-48-24-20-44(104-40-15-7-36(8-16-40)32-68(88-76)64(84-72)92(68)80)28-52(48)60(99-56)100-59-51-27-43(19-23-47(51)55(96-57)98-59)103-39-13-5-35(6-14-39)31-67(87-75)63(83-71)91(67)79;/h1-28,61-64H,29-32H2;/q-2;+2/i81+0,82+0,83+0,84+0,85+0,86+0,87+0,88+0,89+0,90+0,91+0,92+0;. The predicted octanol–water partition coefficient (Wildman–Crippen LogP) is 6.56. The van der Waals surface area contributed by atoms with Crippen LogP contribution in [0, 0.1) is 0 Å². The third kappa shape index (κ3) is 12.7. The molecule has 3 aromatic heterocycles. The number of fused-ring (bicyclic) bond motifs is 20. The summed E-state index contributed by atoms with van der Waals surface area (Å²) in [5.41, 5.74) is 7.87. The normalized spacial score (nSPS) is 21.9. The second-order valence-electron chi connectivity index (χ2n) is 28.1. The molecule has 17 rings (SSSR count). The molecule has 12 nitrogen and oxygen atoms in total. The van der Waals surface area contributed by atoms with E-state index in [1.165, 1.54) is 0 Å². The van der Waals surface area contributed by atoms with Gasteiger partial charge in [-0.25, -0.2) is 9.97 Å². The van der Waals surface area contributed by atoms with Crippen LogP contribution in [0.4, 0.5) is 0 Å². The fourth-order valence-corrected chi connectivity index (χ4v) is 15.8. The maximum Gasteiger partial charge on any atom is 2.00 e. The summed E-state index contributed by atoms with van der Waals surface area (Å²) in [5.74, 6) is 5.68. The van der Waals surface area contributed by atoms with E-state index >= 15 is 0 Å². The number of ether oxygens (including phenoxy) is 4.